The summed E-state index contributed by atoms with van der Waals surface area (Å²) in [5, 5.41) is 2.72. The second-order valence-electron chi connectivity index (χ2n) is 5.74. The highest BCUT2D eigenvalue weighted by atomic mass is 32.1. The Kier molecular flexibility index (Phi) is 6.08. The summed E-state index contributed by atoms with van der Waals surface area (Å²) in [6, 6.07) is 5.32. The number of nitrogens with zero attached hydrogens (tertiary/aromatic N) is 2. The molecule has 1 aromatic heterocycles. The van der Waals surface area contributed by atoms with Gasteiger partial charge in [-0.15, -0.1) is 0 Å². The topological polar surface area (TPSA) is 89.8 Å². The number of nitrogens with one attached hydrogen (secondary N) is 1. The van der Waals surface area contributed by atoms with Gasteiger partial charge in [0.05, 0.1) is 16.8 Å². The van der Waals surface area contributed by atoms with Gasteiger partial charge in [0.1, 0.15) is 6.54 Å². The van der Waals surface area contributed by atoms with Crippen LogP contribution in [0.25, 0.3) is 10.2 Å². The normalized spacial score (nSPS) is 11.8. The van der Waals surface area contributed by atoms with Crippen LogP contribution in [0, 0.1) is 5.92 Å². The van der Waals surface area contributed by atoms with Gasteiger partial charge in [-0.25, -0.2) is 0 Å². The molecule has 2 amide bonds. The third-order valence-electron chi connectivity index (χ3n) is 3.30. The molecule has 0 radical (unpaired) electrons. The van der Waals surface area contributed by atoms with Crippen molar-refractivity contribution in [1.29, 1.82) is 0 Å². The number of carbonyl (C=O) groups is 3. The minimum Gasteiger partial charge on any atom is -0.465 e. The maximum Gasteiger partial charge on any atom is 0.326 e. The van der Waals surface area contributed by atoms with Crippen molar-refractivity contribution >= 4 is 45.0 Å². The molecule has 0 aliphatic heterocycles. The van der Waals surface area contributed by atoms with Gasteiger partial charge in [-0.1, -0.05) is 25.2 Å². The smallest absolute Gasteiger partial charge is 0.326 e. The van der Waals surface area contributed by atoms with Crippen molar-refractivity contribution in [2.75, 3.05) is 11.9 Å². The standard InChI is InChI=1S/C17H21N3O4S/c1-5-24-15(22)9-20-13-7-6-12(18-11(4)21)8-14(13)25-17(20)19-16(23)10(2)3/h6-8,10H,5,9H2,1-4H3,(H,18,21). The molecule has 0 bridgehead atoms. The molecule has 0 aliphatic rings. The molecular formula is C17H21N3O4S. The predicted molar refractivity (Wildman–Crippen MR) is 96.2 cm³/mol. The fourth-order valence-electron chi connectivity index (χ4n) is 2.15. The number of esters is 1. The van der Waals surface area contributed by atoms with Gasteiger partial charge in [-0.05, 0) is 25.1 Å². The molecule has 134 valence electrons. The molecule has 0 aliphatic carbocycles. The Balaban J connectivity index is 2.57. The monoisotopic (exact) mass is 363 g/mol. The highest BCUT2D eigenvalue weighted by Crippen LogP contribution is 2.22. The molecule has 0 spiro atoms. The van der Waals surface area contributed by atoms with Crippen LogP contribution in [-0.2, 0) is 25.7 Å². The Morgan fingerprint density at radius 3 is 2.64 bits per heavy atom. The quantitative estimate of drug-likeness (QED) is 0.826. The van der Waals surface area contributed by atoms with Gasteiger partial charge in [-0.3, -0.25) is 14.4 Å². The van der Waals surface area contributed by atoms with Crippen LogP contribution in [0.4, 0.5) is 5.69 Å². The van der Waals surface area contributed by atoms with Crippen LogP contribution < -0.4 is 10.1 Å². The van der Waals surface area contributed by atoms with Gasteiger partial charge in [0.25, 0.3) is 5.91 Å². The molecule has 0 fully saturated rings. The Hall–Kier alpha value is -2.48. The molecule has 0 saturated heterocycles. The van der Waals surface area contributed by atoms with Crippen LogP contribution in [0.3, 0.4) is 0 Å². The van der Waals surface area contributed by atoms with E-state index in [2.05, 4.69) is 10.3 Å². The second-order valence-corrected chi connectivity index (χ2v) is 6.75. The average Bonchev–Trinajstić information content (AvgIpc) is 2.83. The fourth-order valence-corrected chi connectivity index (χ4v) is 3.23. The van der Waals surface area contributed by atoms with E-state index in [9.17, 15) is 14.4 Å². The van der Waals surface area contributed by atoms with Gasteiger partial charge in [-0.2, -0.15) is 4.99 Å². The van der Waals surface area contributed by atoms with Crippen LogP contribution in [0.2, 0.25) is 0 Å². The molecule has 0 unspecified atom stereocenters. The second kappa shape index (κ2) is 8.06. The van der Waals surface area contributed by atoms with Gasteiger partial charge in [0, 0.05) is 18.5 Å². The number of amides is 2. The van der Waals surface area contributed by atoms with Crippen molar-refractivity contribution in [2.45, 2.75) is 34.2 Å². The van der Waals surface area contributed by atoms with Crippen LogP contribution in [0.1, 0.15) is 27.7 Å². The van der Waals surface area contributed by atoms with Crippen molar-refractivity contribution in [3.8, 4) is 0 Å². The van der Waals surface area contributed by atoms with Gasteiger partial charge >= 0.3 is 5.97 Å². The minimum absolute atomic E-state index is 0.0302. The summed E-state index contributed by atoms with van der Waals surface area (Å²) < 4.78 is 7.48. The van der Waals surface area contributed by atoms with Crippen LogP contribution in [0.5, 0.6) is 0 Å². The summed E-state index contributed by atoms with van der Waals surface area (Å²) in [6.07, 6.45) is 0. The van der Waals surface area contributed by atoms with Crippen molar-refractivity contribution in [2.24, 2.45) is 10.9 Å². The van der Waals surface area contributed by atoms with E-state index >= 15 is 0 Å². The van der Waals surface area contributed by atoms with E-state index in [0.29, 0.717) is 10.5 Å². The first-order valence-corrected chi connectivity index (χ1v) is 8.78. The molecule has 2 rings (SSSR count). The SMILES string of the molecule is CCOC(=O)Cn1c(=NC(=O)C(C)C)sc2cc(NC(C)=O)ccc21. The van der Waals surface area contributed by atoms with Crippen LogP contribution in [0.15, 0.2) is 23.2 Å². The summed E-state index contributed by atoms with van der Waals surface area (Å²) >= 11 is 1.29. The van der Waals surface area contributed by atoms with Crippen molar-refractivity contribution in [3.63, 3.8) is 0 Å². The van der Waals surface area contributed by atoms with Gasteiger partial charge in [0.15, 0.2) is 4.80 Å². The summed E-state index contributed by atoms with van der Waals surface area (Å²) in [5.41, 5.74) is 1.40. The third-order valence-corrected chi connectivity index (χ3v) is 4.34. The molecule has 0 saturated carbocycles. The van der Waals surface area contributed by atoms with E-state index in [1.54, 1.807) is 43.5 Å². The number of fused-ring (bicyclic) bond motifs is 1. The summed E-state index contributed by atoms with van der Waals surface area (Å²) in [5.74, 6) is -1.07. The molecule has 1 N–H and O–H groups in total. The lowest BCUT2D eigenvalue weighted by Crippen LogP contribution is -2.23. The summed E-state index contributed by atoms with van der Waals surface area (Å²) in [6.45, 7) is 6.96. The van der Waals surface area contributed by atoms with Crippen LogP contribution >= 0.6 is 11.3 Å². The molecule has 1 heterocycles. The number of hydrogen-bond donors (Lipinski definition) is 1. The summed E-state index contributed by atoms with van der Waals surface area (Å²) in [4.78, 5) is 39.7. The number of anilines is 1. The highest BCUT2D eigenvalue weighted by Gasteiger charge is 2.14. The highest BCUT2D eigenvalue weighted by molar-refractivity contribution is 7.16. The lowest BCUT2D eigenvalue weighted by Gasteiger charge is -2.06. The maximum absolute atomic E-state index is 12.0. The fraction of sp³-hybridized carbons (Fsp3) is 0.412. The average molecular weight is 363 g/mol. The molecule has 8 heteroatoms. The first kappa shape index (κ1) is 18.9. The predicted octanol–water partition coefficient (Wildman–Crippen LogP) is 2.31. The Morgan fingerprint density at radius 1 is 1.32 bits per heavy atom. The summed E-state index contributed by atoms with van der Waals surface area (Å²) in [7, 11) is 0. The maximum atomic E-state index is 12.0. The number of benzene rings is 1. The number of rotatable bonds is 5. The van der Waals surface area contributed by atoms with Crippen LogP contribution in [-0.4, -0.2) is 29.0 Å². The first-order chi connectivity index (χ1) is 11.8. The zero-order valence-electron chi connectivity index (χ0n) is 14.7. The van der Waals surface area contributed by atoms with Crippen molar-refractivity contribution < 1.29 is 19.1 Å². The van der Waals surface area contributed by atoms with E-state index < -0.39 is 5.97 Å². The number of aromatic nitrogens is 1. The van der Waals surface area contributed by atoms with E-state index in [-0.39, 0.29) is 30.9 Å². The number of carbonyl (C=O) groups excluding carboxylic acids is 3. The molecular weight excluding hydrogens is 342 g/mol. The Morgan fingerprint density at radius 2 is 2.04 bits per heavy atom. The zero-order valence-corrected chi connectivity index (χ0v) is 15.5. The zero-order chi connectivity index (χ0) is 18.6. The van der Waals surface area contributed by atoms with Gasteiger partial charge < -0.3 is 14.6 Å². The molecule has 25 heavy (non-hydrogen) atoms. The van der Waals surface area contributed by atoms with E-state index in [1.165, 1.54) is 18.3 Å². The van der Waals surface area contributed by atoms with E-state index in [0.717, 1.165) is 10.2 Å². The Labute approximate surface area is 149 Å². The Bertz CT molecular complexity index is 880. The minimum atomic E-state index is -0.397. The molecule has 1 aromatic carbocycles. The molecule has 2 aromatic rings. The van der Waals surface area contributed by atoms with Gasteiger partial charge in [0.2, 0.25) is 5.91 Å². The first-order valence-electron chi connectivity index (χ1n) is 7.97. The molecule has 7 nitrogen and oxygen atoms in total. The lowest BCUT2D eigenvalue weighted by atomic mass is 10.2. The number of hydrogen-bond acceptors (Lipinski definition) is 5. The van der Waals surface area contributed by atoms with Crippen molar-refractivity contribution in [1.82, 2.24) is 4.57 Å². The van der Waals surface area contributed by atoms with E-state index in [1.807, 2.05) is 0 Å². The van der Waals surface area contributed by atoms with Crippen molar-refractivity contribution in [3.05, 3.63) is 23.0 Å². The van der Waals surface area contributed by atoms with E-state index in [4.69, 9.17) is 4.74 Å². The lowest BCUT2D eigenvalue weighted by molar-refractivity contribution is -0.143. The third kappa shape index (κ3) is 4.76. The number of ether oxygens (including phenoxy) is 1. The largest absolute Gasteiger partial charge is 0.465 e. The number of thiazole rings is 1. The molecule has 0 atom stereocenters.